The highest BCUT2D eigenvalue weighted by atomic mass is 15.1. The molecule has 0 aliphatic rings. The van der Waals surface area contributed by atoms with Gasteiger partial charge in [0.15, 0.2) is 0 Å². The minimum atomic E-state index is 0.874. The van der Waals surface area contributed by atoms with Crippen molar-refractivity contribution in [2.75, 3.05) is 4.90 Å². The zero-order valence-electron chi connectivity index (χ0n) is 21.8. The fourth-order valence-electron chi connectivity index (χ4n) is 5.07. The topological polar surface area (TPSA) is 60.6 Å². The number of aromatic amines is 2. The standard InChI is InChI=1S/C34H27N5/c1-22-8-18-29-31(20-22)37-33(35-29)24-10-14-27(15-11-24)39(26-6-4-3-5-7-26)28-16-12-25(13-17-28)34-36-30-19-9-23(2)21-32(30)38-34/h3-21H,1-2H3,(H,35,37)(H,36,38). The van der Waals surface area contributed by atoms with Gasteiger partial charge in [-0.1, -0.05) is 30.3 Å². The van der Waals surface area contributed by atoms with E-state index in [0.29, 0.717) is 0 Å². The number of H-pyrrole nitrogens is 2. The summed E-state index contributed by atoms with van der Waals surface area (Å²) >= 11 is 0. The summed E-state index contributed by atoms with van der Waals surface area (Å²) < 4.78 is 0. The number of anilines is 3. The molecule has 0 bridgehead atoms. The van der Waals surface area contributed by atoms with Gasteiger partial charge in [0.2, 0.25) is 0 Å². The maximum atomic E-state index is 4.82. The average molecular weight is 506 g/mol. The fraction of sp³-hybridized carbons (Fsp3) is 0.0588. The minimum Gasteiger partial charge on any atom is -0.338 e. The summed E-state index contributed by atoms with van der Waals surface area (Å²) in [6, 6.07) is 40.1. The lowest BCUT2D eigenvalue weighted by atomic mass is 10.1. The van der Waals surface area contributed by atoms with Crippen molar-refractivity contribution in [3.05, 3.63) is 126 Å². The second kappa shape index (κ2) is 9.30. The summed E-state index contributed by atoms with van der Waals surface area (Å²) in [5.41, 5.74) is 11.8. The van der Waals surface area contributed by atoms with E-state index in [9.17, 15) is 0 Å². The molecule has 5 aromatic carbocycles. The van der Waals surface area contributed by atoms with Crippen molar-refractivity contribution in [1.82, 2.24) is 19.9 Å². The van der Waals surface area contributed by atoms with Crippen LogP contribution in [0.15, 0.2) is 115 Å². The van der Waals surface area contributed by atoms with E-state index in [0.717, 1.165) is 61.9 Å². The number of benzene rings is 5. The van der Waals surface area contributed by atoms with Crippen LogP contribution in [0.1, 0.15) is 11.1 Å². The Morgan fingerprint density at radius 3 is 1.69 bits per heavy atom. The third-order valence-corrected chi connectivity index (χ3v) is 7.09. The number of imidazole rings is 2. The Hall–Kier alpha value is -5.16. The van der Waals surface area contributed by atoms with Crippen molar-refractivity contribution in [2.45, 2.75) is 13.8 Å². The van der Waals surface area contributed by atoms with Crippen LogP contribution < -0.4 is 4.90 Å². The van der Waals surface area contributed by atoms with Gasteiger partial charge in [0, 0.05) is 28.2 Å². The summed E-state index contributed by atoms with van der Waals surface area (Å²) in [6.07, 6.45) is 0. The third-order valence-electron chi connectivity index (χ3n) is 7.09. The van der Waals surface area contributed by atoms with Gasteiger partial charge in [-0.25, -0.2) is 9.97 Å². The SMILES string of the molecule is Cc1ccc2[nH]c(-c3ccc(N(c4ccccc4)c4ccc(-c5nc6ccc(C)cc6[nH]5)cc4)cc3)nc2c1. The molecule has 188 valence electrons. The molecule has 0 spiro atoms. The van der Waals surface area contributed by atoms with Gasteiger partial charge >= 0.3 is 0 Å². The summed E-state index contributed by atoms with van der Waals surface area (Å²) in [5.74, 6) is 1.75. The summed E-state index contributed by atoms with van der Waals surface area (Å²) in [5, 5.41) is 0. The molecule has 2 N–H and O–H groups in total. The Morgan fingerprint density at radius 1 is 0.487 bits per heavy atom. The maximum Gasteiger partial charge on any atom is 0.138 e. The number of hydrogen-bond donors (Lipinski definition) is 2. The molecule has 5 nitrogen and oxygen atoms in total. The number of para-hydroxylation sites is 1. The summed E-state index contributed by atoms with van der Waals surface area (Å²) in [4.78, 5) is 18.8. The molecule has 0 unspecified atom stereocenters. The highest BCUT2D eigenvalue weighted by Crippen LogP contribution is 2.36. The highest BCUT2D eigenvalue weighted by Gasteiger charge is 2.14. The first-order valence-electron chi connectivity index (χ1n) is 13.1. The highest BCUT2D eigenvalue weighted by molar-refractivity contribution is 5.83. The van der Waals surface area contributed by atoms with Crippen molar-refractivity contribution < 1.29 is 0 Å². The molecule has 5 heteroatoms. The third kappa shape index (κ3) is 4.34. The minimum absolute atomic E-state index is 0.874. The Labute approximate surface area is 226 Å². The van der Waals surface area contributed by atoms with Crippen molar-refractivity contribution >= 4 is 39.1 Å². The van der Waals surface area contributed by atoms with E-state index in [4.69, 9.17) is 9.97 Å². The molecule has 2 aromatic heterocycles. The smallest absolute Gasteiger partial charge is 0.138 e. The predicted molar refractivity (Wildman–Crippen MR) is 161 cm³/mol. The molecule has 0 atom stereocenters. The zero-order chi connectivity index (χ0) is 26.3. The van der Waals surface area contributed by atoms with Crippen LogP contribution in [0.2, 0.25) is 0 Å². The lowest BCUT2D eigenvalue weighted by Crippen LogP contribution is -2.09. The summed E-state index contributed by atoms with van der Waals surface area (Å²) in [6.45, 7) is 4.18. The molecule has 2 heterocycles. The molecule has 0 saturated carbocycles. The number of rotatable bonds is 5. The van der Waals surface area contributed by atoms with Gasteiger partial charge in [-0.3, -0.25) is 0 Å². The number of hydrogen-bond acceptors (Lipinski definition) is 3. The average Bonchev–Trinajstić information content (AvgIpc) is 3.58. The number of aromatic nitrogens is 4. The number of aryl methyl sites for hydroxylation is 2. The molecule has 0 fully saturated rings. The molecule has 0 amide bonds. The quantitative estimate of drug-likeness (QED) is 0.246. The normalized spacial score (nSPS) is 11.3. The van der Waals surface area contributed by atoms with Gasteiger partial charge in [-0.15, -0.1) is 0 Å². The van der Waals surface area contributed by atoms with Crippen molar-refractivity contribution in [3.63, 3.8) is 0 Å². The van der Waals surface area contributed by atoms with Gasteiger partial charge in [0.25, 0.3) is 0 Å². The number of fused-ring (bicyclic) bond motifs is 2. The van der Waals surface area contributed by atoms with Crippen LogP contribution in [0.25, 0.3) is 44.8 Å². The first-order chi connectivity index (χ1) is 19.1. The lowest BCUT2D eigenvalue weighted by Gasteiger charge is -2.25. The molecule has 0 radical (unpaired) electrons. The molecule has 39 heavy (non-hydrogen) atoms. The van der Waals surface area contributed by atoms with Crippen LogP contribution in [-0.4, -0.2) is 19.9 Å². The lowest BCUT2D eigenvalue weighted by molar-refractivity contribution is 1.27. The van der Waals surface area contributed by atoms with Gasteiger partial charge in [-0.2, -0.15) is 0 Å². The van der Waals surface area contributed by atoms with Crippen LogP contribution in [-0.2, 0) is 0 Å². The van der Waals surface area contributed by atoms with Gasteiger partial charge in [0.05, 0.1) is 22.1 Å². The van der Waals surface area contributed by atoms with Crippen LogP contribution in [0, 0.1) is 13.8 Å². The van der Waals surface area contributed by atoms with E-state index < -0.39 is 0 Å². The second-order valence-corrected chi connectivity index (χ2v) is 9.98. The molecule has 7 aromatic rings. The van der Waals surface area contributed by atoms with Gasteiger partial charge in [0.1, 0.15) is 11.6 Å². The fourth-order valence-corrected chi connectivity index (χ4v) is 5.07. The van der Waals surface area contributed by atoms with E-state index in [1.54, 1.807) is 0 Å². The van der Waals surface area contributed by atoms with E-state index in [1.807, 2.05) is 6.07 Å². The van der Waals surface area contributed by atoms with Gasteiger partial charge in [-0.05, 0) is 110 Å². The zero-order valence-corrected chi connectivity index (χ0v) is 21.8. The van der Waals surface area contributed by atoms with Crippen molar-refractivity contribution in [1.29, 1.82) is 0 Å². The monoisotopic (exact) mass is 505 g/mol. The molecule has 7 rings (SSSR count). The maximum absolute atomic E-state index is 4.82. The van der Waals surface area contributed by atoms with E-state index >= 15 is 0 Å². The van der Waals surface area contributed by atoms with Crippen molar-refractivity contribution in [3.8, 4) is 22.8 Å². The van der Waals surface area contributed by atoms with E-state index in [1.165, 1.54) is 11.1 Å². The molecular formula is C34H27N5. The largest absolute Gasteiger partial charge is 0.338 e. The Bertz CT molecular complexity index is 1790. The first kappa shape index (κ1) is 23.0. The molecule has 0 aliphatic carbocycles. The Kier molecular flexibility index (Phi) is 5.48. The Morgan fingerprint density at radius 2 is 1.03 bits per heavy atom. The predicted octanol–water partition coefficient (Wildman–Crippen LogP) is 8.86. The molecular weight excluding hydrogens is 478 g/mol. The van der Waals surface area contributed by atoms with Gasteiger partial charge < -0.3 is 14.9 Å². The summed E-state index contributed by atoms with van der Waals surface area (Å²) in [7, 11) is 0. The number of nitrogens with one attached hydrogen (secondary N) is 2. The van der Waals surface area contributed by atoms with Crippen LogP contribution in [0.4, 0.5) is 17.1 Å². The first-order valence-corrected chi connectivity index (χ1v) is 13.1. The molecule has 0 saturated heterocycles. The molecule has 0 aliphatic heterocycles. The Balaban J connectivity index is 1.23. The van der Waals surface area contributed by atoms with Crippen LogP contribution >= 0.6 is 0 Å². The number of nitrogens with zero attached hydrogens (tertiary/aromatic N) is 3. The van der Waals surface area contributed by atoms with E-state index in [2.05, 4.69) is 138 Å². The van der Waals surface area contributed by atoms with Crippen molar-refractivity contribution in [2.24, 2.45) is 0 Å². The van der Waals surface area contributed by atoms with Crippen LogP contribution in [0.5, 0.6) is 0 Å². The second-order valence-electron chi connectivity index (χ2n) is 9.98. The van der Waals surface area contributed by atoms with Crippen LogP contribution in [0.3, 0.4) is 0 Å². The van der Waals surface area contributed by atoms with E-state index in [-0.39, 0.29) is 0 Å².